The van der Waals surface area contributed by atoms with Gasteiger partial charge in [-0.1, -0.05) is 12.1 Å². The van der Waals surface area contributed by atoms with Crippen LogP contribution >= 0.6 is 0 Å². The van der Waals surface area contributed by atoms with Crippen LogP contribution in [0.2, 0.25) is 0 Å². The summed E-state index contributed by atoms with van der Waals surface area (Å²) in [6.45, 7) is 3.89. The Hall–Kier alpha value is -1.06. The van der Waals surface area contributed by atoms with E-state index < -0.39 is 0 Å². The molecule has 2 fully saturated rings. The first-order valence-electron chi connectivity index (χ1n) is 7.83. The summed E-state index contributed by atoms with van der Waals surface area (Å²) in [6.07, 6.45) is 8.24. The zero-order valence-electron chi connectivity index (χ0n) is 12.6. The average Bonchev–Trinajstić information content (AvgIpc) is 3.16. The molecule has 3 heteroatoms. The van der Waals surface area contributed by atoms with Gasteiger partial charge in [0.15, 0.2) is 0 Å². The van der Waals surface area contributed by atoms with E-state index in [2.05, 4.69) is 29.2 Å². The third-order valence-electron chi connectivity index (χ3n) is 3.89. The molecule has 1 saturated carbocycles. The molecule has 3 rings (SSSR count). The first-order chi connectivity index (χ1) is 9.90. The zero-order valence-corrected chi connectivity index (χ0v) is 12.6. The lowest BCUT2D eigenvalue weighted by Crippen LogP contribution is -2.20. The normalized spacial score (nSPS) is 18.5. The Morgan fingerprint density at radius 3 is 2.35 bits per heavy atom. The molecular weight excluding hydrogens is 250 g/mol. The lowest BCUT2D eigenvalue weighted by Gasteiger charge is -2.14. The molecule has 1 N–H and O–H groups in total. The van der Waals surface area contributed by atoms with Gasteiger partial charge in [-0.2, -0.15) is 0 Å². The van der Waals surface area contributed by atoms with Gasteiger partial charge in [0.1, 0.15) is 5.75 Å². The Bertz CT molecular complexity index is 367. The molecule has 0 spiro atoms. The molecule has 0 unspecified atom stereocenters. The molecule has 1 aromatic carbocycles. The quantitative estimate of drug-likeness (QED) is 0.868. The standard InChI is InChI=1S/C16H23NO.CH4O/c1-2-12-17(11-1)13-3-4-14-5-7-15(8-6-14)18-16-9-10-16;1-2/h5-8,16H,1-4,9-13H2;2H,1H3. The maximum Gasteiger partial charge on any atom is 0.119 e. The van der Waals surface area contributed by atoms with Crippen molar-refractivity contribution in [3.63, 3.8) is 0 Å². The van der Waals surface area contributed by atoms with E-state index in [1.165, 1.54) is 63.7 Å². The molecule has 3 nitrogen and oxygen atoms in total. The van der Waals surface area contributed by atoms with Crippen LogP contribution in [0.25, 0.3) is 0 Å². The van der Waals surface area contributed by atoms with E-state index in [0.29, 0.717) is 6.10 Å². The van der Waals surface area contributed by atoms with Gasteiger partial charge >= 0.3 is 0 Å². The third-order valence-corrected chi connectivity index (χ3v) is 3.89. The number of rotatable bonds is 6. The molecule has 1 aliphatic heterocycles. The fraction of sp³-hybridized carbons (Fsp3) is 0.647. The number of nitrogens with zero attached hydrogens (tertiary/aromatic N) is 1. The lowest BCUT2D eigenvalue weighted by molar-refractivity contribution is 0.303. The molecule has 0 aromatic heterocycles. The number of aliphatic hydroxyl groups is 1. The van der Waals surface area contributed by atoms with Crippen LogP contribution in [0, 0.1) is 0 Å². The van der Waals surface area contributed by atoms with Crippen molar-refractivity contribution >= 4 is 0 Å². The van der Waals surface area contributed by atoms with E-state index in [-0.39, 0.29) is 0 Å². The summed E-state index contributed by atoms with van der Waals surface area (Å²) in [5, 5.41) is 7.00. The second-order valence-electron chi connectivity index (χ2n) is 5.61. The van der Waals surface area contributed by atoms with Crippen LogP contribution in [-0.4, -0.2) is 42.9 Å². The summed E-state index contributed by atoms with van der Waals surface area (Å²) in [4.78, 5) is 2.59. The van der Waals surface area contributed by atoms with Crippen LogP contribution in [0.3, 0.4) is 0 Å². The fourth-order valence-corrected chi connectivity index (χ4v) is 2.63. The van der Waals surface area contributed by atoms with E-state index in [1.54, 1.807) is 0 Å². The Morgan fingerprint density at radius 1 is 1.10 bits per heavy atom. The van der Waals surface area contributed by atoms with E-state index >= 15 is 0 Å². The van der Waals surface area contributed by atoms with Gasteiger partial charge in [-0.3, -0.25) is 0 Å². The van der Waals surface area contributed by atoms with Crippen LogP contribution in [0.4, 0.5) is 0 Å². The van der Waals surface area contributed by atoms with Crippen molar-refractivity contribution in [2.24, 2.45) is 0 Å². The van der Waals surface area contributed by atoms with Crippen molar-refractivity contribution in [2.45, 2.75) is 44.6 Å². The van der Waals surface area contributed by atoms with Gasteiger partial charge in [0.2, 0.25) is 0 Å². The number of hydrogen-bond donors (Lipinski definition) is 1. The monoisotopic (exact) mass is 277 g/mol. The van der Waals surface area contributed by atoms with Crippen molar-refractivity contribution in [3.8, 4) is 5.75 Å². The summed E-state index contributed by atoms with van der Waals surface area (Å²) in [6, 6.07) is 8.70. The predicted octanol–water partition coefficient (Wildman–Crippen LogP) is 2.86. The number of aliphatic hydroxyl groups excluding tert-OH is 1. The minimum atomic E-state index is 0.506. The Labute approximate surface area is 122 Å². The first-order valence-corrected chi connectivity index (χ1v) is 7.83. The third kappa shape index (κ3) is 5.14. The molecule has 0 bridgehead atoms. The molecule has 1 heterocycles. The predicted molar refractivity (Wildman–Crippen MR) is 82.2 cm³/mol. The minimum Gasteiger partial charge on any atom is -0.490 e. The Morgan fingerprint density at radius 2 is 1.75 bits per heavy atom. The van der Waals surface area contributed by atoms with E-state index in [4.69, 9.17) is 9.84 Å². The van der Waals surface area contributed by atoms with Gasteiger partial charge in [0, 0.05) is 7.11 Å². The first kappa shape index (κ1) is 15.3. The van der Waals surface area contributed by atoms with Crippen molar-refractivity contribution in [3.05, 3.63) is 29.8 Å². The van der Waals surface area contributed by atoms with Gasteiger partial charge in [-0.25, -0.2) is 0 Å². The smallest absolute Gasteiger partial charge is 0.119 e. The van der Waals surface area contributed by atoms with E-state index in [0.717, 1.165) is 12.9 Å². The topological polar surface area (TPSA) is 32.7 Å². The molecule has 0 radical (unpaired) electrons. The Balaban J connectivity index is 0.000000704. The maximum absolute atomic E-state index is 7.00. The number of benzene rings is 1. The van der Waals surface area contributed by atoms with Crippen molar-refractivity contribution < 1.29 is 9.84 Å². The number of hydrogen-bond acceptors (Lipinski definition) is 3. The summed E-state index contributed by atoms with van der Waals surface area (Å²) in [5.74, 6) is 1.04. The largest absolute Gasteiger partial charge is 0.490 e. The zero-order chi connectivity index (χ0) is 14.2. The fourth-order valence-electron chi connectivity index (χ4n) is 2.63. The van der Waals surface area contributed by atoms with Crippen LogP contribution < -0.4 is 4.74 Å². The lowest BCUT2D eigenvalue weighted by atomic mass is 10.1. The highest BCUT2D eigenvalue weighted by Gasteiger charge is 2.23. The molecule has 0 amide bonds. The average molecular weight is 277 g/mol. The second kappa shape index (κ2) is 8.28. The molecule has 112 valence electrons. The molecule has 1 saturated heterocycles. The van der Waals surface area contributed by atoms with Gasteiger partial charge < -0.3 is 14.7 Å². The van der Waals surface area contributed by atoms with Crippen molar-refractivity contribution in [2.75, 3.05) is 26.7 Å². The van der Waals surface area contributed by atoms with Crippen LogP contribution in [0.15, 0.2) is 24.3 Å². The minimum absolute atomic E-state index is 0.506. The highest BCUT2D eigenvalue weighted by molar-refractivity contribution is 5.27. The van der Waals surface area contributed by atoms with Crippen molar-refractivity contribution in [1.82, 2.24) is 4.90 Å². The molecular formula is C17H27NO2. The van der Waals surface area contributed by atoms with Gasteiger partial charge in [-0.15, -0.1) is 0 Å². The highest BCUT2D eigenvalue weighted by Crippen LogP contribution is 2.26. The SMILES string of the molecule is CO.c1cc(OC2CC2)ccc1CCCN1CCCC1. The summed E-state index contributed by atoms with van der Waals surface area (Å²) < 4.78 is 5.76. The van der Waals surface area contributed by atoms with E-state index in [9.17, 15) is 0 Å². The number of aryl methyl sites for hydroxylation is 1. The molecule has 1 aromatic rings. The second-order valence-corrected chi connectivity index (χ2v) is 5.61. The molecule has 0 atom stereocenters. The molecule has 2 aliphatic rings. The highest BCUT2D eigenvalue weighted by atomic mass is 16.5. The van der Waals surface area contributed by atoms with Gasteiger partial charge in [0.05, 0.1) is 6.10 Å². The number of ether oxygens (including phenoxy) is 1. The van der Waals surface area contributed by atoms with Gasteiger partial charge in [0.25, 0.3) is 0 Å². The summed E-state index contributed by atoms with van der Waals surface area (Å²) in [5.41, 5.74) is 1.44. The van der Waals surface area contributed by atoms with Crippen LogP contribution in [0.1, 0.15) is 37.7 Å². The summed E-state index contributed by atoms with van der Waals surface area (Å²) in [7, 11) is 1.00. The van der Waals surface area contributed by atoms with Gasteiger partial charge in [-0.05, 0) is 75.9 Å². The molecule has 20 heavy (non-hydrogen) atoms. The number of likely N-dealkylation sites (tertiary alicyclic amines) is 1. The maximum atomic E-state index is 7.00. The Kier molecular flexibility index (Phi) is 6.34. The van der Waals surface area contributed by atoms with Crippen LogP contribution in [0.5, 0.6) is 5.75 Å². The molecule has 1 aliphatic carbocycles. The van der Waals surface area contributed by atoms with Crippen molar-refractivity contribution in [1.29, 1.82) is 0 Å². The van der Waals surface area contributed by atoms with Crippen LogP contribution in [-0.2, 0) is 6.42 Å². The summed E-state index contributed by atoms with van der Waals surface area (Å²) >= 11 is 0. The van der Waals surface area contributed by atoms with E-state index in [1.807, 2.05) is 0 Å².